The van der Waals surface area contributed by atoms with Crippen molar-refractivity contribution in [1.82, 2.24) is 14.3 Å². The molecule has 0 spiro atoms. The summed E-state index contributed by atoms with van der Waals surface area (Å²) in [6, 6.07) is 0. The molecule has 0 aliphatic heterocycles. The van der Waals surface area contributed by atoms with E-state index in [1.165, 1.54) is 6.20 Å². The highest BCUT2D eigenvalue weighted by Gasteiger charge is 2.17. The van der Waals surface area contributed by atoms with Gasteiger partial charge in [-0.25, -0.2) is 18.1 Å². The fourth-order valence-corrected chi connectivity index (χ4v) is 2.73. The summed E-state index contributed by atoms with van der Waals surface area (Å²) in [7, 11) is -1.71. The van der Waals surface area contributed by atoms with Crippen LogP contribution in [0.4, 0.5) is 0 Å². The van der Waals surface area contributed by atoms with E-state index in [0.29, 0.717) is 24.2 Å². The van der Waals surface area contributed by atoms with Gasteiger partial charge in [0.05, 0.1) is 0 Å². The largest absolute Gasteiger partial charge is 0.337 e. The molecule has 1 N–H and O–H groups in total. The van der Waals surface area contributed by atoms with Crippen LogP contribution >= 0.6 is 11.6 Å². The summed E-state index contributed by atoms with van der Waals surface area (Å²) in [6.45, 7) is 4.23. The lowest BCUT2D eigenvalue weighted by Gasteiger charge is -2.07. The molecule has 5 nitrogen and oxygen atoms in total. The molecule has 0 bridgehead atoms. The lowest BCUT2D eigenvalue weighted by molar-refractivity contribution is 0.542. The fraction of sp³-hybridized carbons (Fsp3) is 0.727. The first-order chi connectivity index (χ1) is 8.36. The summed E-state index contributed by atoms with van der Waals surface area (Å²) in [6.07, 6.45) is 3.20. The highest BCUT2D eigenvalue weighted by Crippen LogP contribution is 2.09. The number of aryl methyl sites for hydroxylation is 2. The normalized spacial score (nSPS) is 13.8. The molecule has 0 saturated heterocycles. The molecule has 0 aromatic carbocycles. The van der Waals surface area contributed by atoms with Crippen LogP contribution in [0.25, 0.3) is 0 Å². The average molecular weight is 294 g/mol. The van der Waals surface area contributed by atoms with E-state index in [0.717, 1.165) is 12.8 Å². The molecule has 1 atom stereocenters. The second kappa shape index (κ2) is 6.54. The number of halogens is 1. The van der Waals surface area contributed by atoms with Crippen LogP contribution in [0.5, 0.6) is 0 Å². The van der Waals surface area contributed by atoms with Gasteiger partial charge in [0.1, 0.15) is 5.82 Å². The highest BCUT2D eigenvalue weighted by molar-refractivity contribution is 7.89. The van der Waals surface area contributed by atoms with Crippen LogP contribution in [0.3, 0.4) is 0 Å². The van der Waals surface area contributed by atoms with Gasteiger partial charge in [0, 0.05) is 25.7 Å². The Bertz CT molecular complexity index is 465. The van der Waals surface area contributed by atoms with Crippen LogP contribution < -0.4 is 4.72 Å². The Morgan fingerprint density at radius 3 is 2.72 bits per heavy atom. The summed E-state index contributed by atoms with van der Waals surface area (Å²) in [5, 5.41) is 0.0768. The van der Waals surface area contributed by atoms with Crippen molar-refractivity contribution >= 4 is 21.6 Å². The molecule has 1 aromatic rings. The molecule has 1 heterocycles. The highest BCUT2D eigenvalue weighted by atomic mass is 35.5. The van der Waals surface area contributed by atoms with E-state index in [1.807, 2.05) is 6.92 Å². The Balaban J connectivity index is 2.50. The first-order valence-electron chi connectivity index (χ1n) is 5.92. The van der Waals surface area contributed by atoms with E-state index in [4.69, 9.17) is 11.6 Å². The summed E-state index contributed by atoms with van der Waals surface area (Å²) in [5.41, 5.74) is 0. The molecule has 0 amide bonds. The number of sulfonamides is 1. The zero-order valence-electron chi connectivity index (χ0n) is 11.0. The predicted molar refractivity (Wildman–Crippen MR) is 72.3 cm³/mol. The van der Waals surface area contributed by atoms with Gasteiger partial charge in [-0.3, -0.25) is 0 Å². The van der Waals surface area contributed by atoms with Crippen LogP contribution in [0.2, 0.25) is 0 Å². The molecule has 0 radical (unpaired) electrons. The number of alkyl halides is 1. The van der Waals surface area contributed by atoms with E-state index < -0.39 is 10.0 Å². The Labute approximate surface area is 114 Å². The standard InChI is InChI=1S/C11H20ClN3O2S/c1-9(7-12)5-4-6-13-18(16,17)11-8-15(3)10(2)14-11/h8-9,13H,4-7H2,1-3H3. The Morgan fingerprint density at radius 2 is 2.22 bits per heavy atom. The van der Waals surface area contributed by atoms with Gasteiger partial charge in [0.2, 0.25) is 0 Å². The van der Waals surface area contributed by atoms with Gasteiger partial charge >= 0.3 is 0 Å². The third kappa shape index (κ3) is 4.26. The topological polar surface area (TPSA) is 64.0 Å². The fourth-order valence-electron chi connectivity index (χ4n) is 1.46. The van der Waals surface area contributed by atoms with E-state index in [9.17, 15) is 8.42 Å². The molecule has 0 aliphatic rings. The van der Waals surface area contributed by atoms with Crippen molar-refractivity contribution in [3.63, 3.8) is 0 Å². The maximum atomic E-state index is 11.9. The van der Waals surface area contributed by atoms with Gasteiger partial charge in [-0.2, -0.15) is 0 Å². The Kier molecular flexibility index (Phi) is 5.62. The molecule has 1 unspecified atom stereocenters. The van der Waals surface area contributed by atoms with Crippen LogP contribution in [-0.4, -0.2) is 30.4 Å². The Morgan fingerprint density at radius 1 is 1.56 bits per heavy atom. The quantitative estimate of drug-likeness (QED) is 0.614. The van der Waals surface area contributed by atoms with Crippen molar-refractivity contribution in [2.24, 2.45) is 13.0 Å². The summed E-state index contributed by atoms with van der Waals surface area (Å²) < 4.78 is 28.0. The van der Waals surface area contributed by atoms with Crippen LogP contribution in [0.1, 0.15) is 25.6 Å². The van der Waals surface area contributed by atoms with Crippen molar-refractivity contribution in [3.05, 3.63) is 12.0 Å². The lowest BCUT2D eigenvalue weighted by atomic mass is 10.1. The van der Waals surface area contributed by atoms with Crippen molar-refractivity contribution in [1.29, 1.82) is 0 Å². The number of hydrogen-bond donors (Lipinski definition) is 1. The van der Waals surface area contributed by atoms with Crippen molar-refractivity contribution < 1.29 is 8.42 Å². The molecule has 1 rings (SSSR count). The minimum atomic E-state index is -3.48. The van der Waals surface area contributed by atoms with E-state index >= 15 is 0 Å². The minimum Gasteiger partial charge on any atom is -0.337 e. The zero-order valence-corrected chi connectivity index (χ0v) is 12.6. The average Bonchev–Trinajstić information content (AvgIpc) is 2.66. The smallest absolute Gasteiger partial charge is 0.259 e. The zero-order chi connectivity index (χ0) is 13.8. The van der Waals surface area contributed by atoms with Gasteiger partial charge in [0.25, 0.3) is 10.0 Å². The third-order valence-corrected chi connectivity index (χ3v) is 4.65. The van der Waals surface area contributed by atoms with E-state index in [1.54, 1.807) is 18.5 Å². The first-order valence-corrected chi connectivity index (χ1v) is 7.94. The summed E-state index contributed by atoms with van der Waals surface area (Å²) >= 11 is 5.69. The molecule has 1 aromatic heterocycles. The second-order valence-electron chi connectivity index (χ2n) is 4.54. The first kappa shape index (κ1) is 15.5. The summed E-state index contributed by atoms with van der Waals surface area (Å²) in [4.78, 5) is 4.00. The van der Waals surface area contributed by atoms with Gasteiger partial charge < -0.3 is 4.57 Å². The maximum Gasteiger partial charge on any atom is 0.259 e. The maximum absolute atomic E-state index is 11.9. The predicted octanol–water partition coefficient (Wildman–Crippen LogP) is 1.66. The van der Waals surface area contributed by atoms with Crippen LogP contribution in [-0.2, 0) is 17.1 Å². The number of nitrogens with one attached hydrogen (secondary N) is 1. The number of nitrogens with zero attached hydrogens (tertiary/aromatic N) is 2. The van der Waals surface area contributed by atoms with Crippen LogP contribution in [0.15, 0.2) is 11.2 Å². The van der Waals surface area contributed by atoms with E-state index in [-0.39, 0.29) is 5.03 Å². The minimum absolute atomic E-state index is 0.0768. The van der Waals surface area contributed by atoms with Crippen LogP contribution in [0, 0.1) is 12.8 Å². The van der Waals surface area contributed by atoms with Gasteiger partial charge in [0.15, 0.2) is 5.03 Å². The monoisotopic (exact) mass is 293 g/mol. The van der Waals surface area contributed by atoms with Gasteiger partial charge in [-0.15, -0.1) is 11.6 Å². The number of aromatic nitrogens is 2. The lowest BCUT2D eigenvalue weighted by Crippen LogP contribution is -2.25. The van der Waals surface area contributed by atoms with Crippen molar-refractivity contribution in [2.75, 3.05) is 12.4 Å². The number of hydrogen-bond acceptors (Lipinski definition) is 3. The molecule has 0 saturated carbocycles. The molecule has 0 fully saturated rings. The third-order valence-electron chi connectivity index (χ3n) is 2.79. The molecule has 18 heavy (non-hydrogen) atoms. The van der Waals surface area contributed by atoms with Gasteiger partial charge in [-0.05, 0) is 25.7 Å². The SMILES string of the molecule is Cc1nc(S(=O)(=O)NCCCC(C)CCl)cn1C. The van der Waals surface area contributed by atoms with Crippen molar-refractivity contribution in [2.45, 2.75) is 31.7 Å². The molecular formula is C11H20ClN3O2S. The second-order valence-corrected chi connectivity index (χ2v) is 6.56. The van der Waals surface area contributed by atoms with E-state index in [2.05, 4.69) is 9.71 Å². The Hall–Kier alpha value is -0.590. The van der Waals surface area contributed by atoms with Gasteiger partial charge in [-0.1, -0.05) is 6.92 Å². The molecular weight excluding hydrogens is 274 g/mol. The number of rotatable bonds is 7. The molecule has 7 heteroatoms. The van der Waals surface area contributed by atoms with Crippen molar-refractivity contribution in [3.8, 4) is 0 Å². The molecule has 104 valence electrons. The summed E-state index contributed by atoms with van der Waals surface area (Å²) in [5.74, 6) is 1.69. The number of imidazole rings is 1. The molecule has 0 aliphatic carbocycles.